The van der Waals surface area contributed by atoms with E-state index in [1.54, 1.807) is 20.8 Å². The quantitative estimate of drug-likeness (QED) is 0.178. The van der Waals surface area contributed by atoms with Crippen molar-refractivity contribution in [3.05, 3.63) is 12.7 Å². The van der Waals surface area contributed by atoms with Crippen molar-refractivity contribution in [1.29, 1.82) is 0 Å². The van der Waals surface area contributed by atoms with E-state index in [-0.39, 0.29) is 25.3 Å². The minimum atomic E-state index is -4.66. The van der Waals surface area contributed by atoms with Crippen molar-refractivity contribution >= 4 is 39.6 Å². The maximum Gasteiger partial charge on any atom is 0.389 e. The zero-order chi connectivity index (χ0) is 36.1. The van der Waals surface area contributed by atoms with Gasteiger partial charge in [0, 0.05) is 45.1 Å². The van der Waals surface area contributed by atoms with Crippen molar-refractivity contribution in [2.45, 2.75) is 97.6 Å². The molecule has 2 aliphatic rings. The Morgan fingerprint density at radius 2 is 1.57 bits per heavy atom. The summed E-state index contributed by atoms with van der Waals surface area (Å²) in [6, 6.07) is -5.66. The first-order valence-corrected chi connectivity index (χ1v) is 17.1. The van der Waals surface area contributed by atoms with Gasteiger partial charge >= 0.3 is 12.2 Å². The fourth-order valence-corrected chi connectivity index (χ4v) is 7.08. The van der Waals surface area contributed by atoms with Crippen LogP contribution in [0.1, 0.15) is 67.2 Å². The van der Waals surface area contributed by atoms with Crippen molar-refractivity contribution in [3.63, 3.8) is 0 Å². The van der Waals surface area contributed by atoms with Crippen LogP contribution in [0.4, 0.5) is 18.0 Å². The zero-order valence-corrected chi connectivity index (χ0v) is 28.9. The van der Waals surface area contributed by atoms with Crippen molar-refractivity contribution in [2.75, 3.05) is 32.4 Å². The highest BCUT2D eigenvalue weighted by atomic mass is 32.2. The molecule has 5 atom stereocenters. The average molecular weight is 695 g/mol. The largest absolute Gasteiger partial charge is 0.389 e. The number of carbonyl (C=O) groups excluding carboxylic acids is 5. The molecule has 2 fully saturated rings. The third-order valence-corrected chi connectivity index (χ3v) is 10.4. The van der Waals surface area contributed by atoms with Crippen LogP contribution >= 0.6 is 0 Å². The summed E-state index contributed by atoms with van der Waals surface area (Å²) in [4.78, 5) is 66.8. The molecule has 5 amide bonds. The summed E-state index contributed by atoms with van der Waals surface area (Å²) in [5, 5.41) is 9.81. The molecule has 17 heteroatoms. The highest BCUT2D eigenvalue weighted by Crippen LogP contribution is 2.31. The Balaban J connectivity index is 2.32. The maximum atomic E-state index is 14.1. The summed E-state index contributed by atoms with van der Waals surface area (Å²) in [6.45, 7) is 14.7. The van der Waals surface area contributed by atoms with Crippen LogP contribution in [0.25, 0.3) is 0 Å². The number of halogens is 3. The number of hydrogen-bond acceptors (Lipinski definition) is 7. The van der Waals surface area contributed by atoms with Crippen LogP contribution in [0, 0.1) is 16.7 Å². The molecule has 2 heterocycles. The monoisotopic (exact) mass is 694 g/mol. The van der Waals surface area contributed by atoms with E-state index in [4.69, 9.17) is 0 Å². The van der Waals surface area contributed by atoms with Gasteiger partial charge < -0.3 is 26.2 Å². The van der Waals surface area contributed by atoms with Gasteiger partial charge in [0.05, 0.1) is 11.8 Å². The SMILES string of the molecule is C=C[C@H]1CCN(C(=O)[C@@H](NC(=O)N[C@H](CN2CCCS2(=O)=O)C(C)(C)C)C(C)(C)C)[C@@H]1C(=O)NC(CCC(F)(F)F)C(=O)C(=O)NC. The van der Waals surface area contributed by atoms with Crippen LogP contribution in [0.2, 0.25) is 0 Å². The van der Waals surface area contributed by atoms with Gasteiger partial charge in [0.1, 0.15) is 12.1 Å². The molecule has 2 saturated heterocycles. The number of likely N-dealkylation sites (N-methyl/N-ethyl adjacent to an activating group) is 1. The number of hydrogen-bond donors (Lipinski definition) is 4. The minimum absolute atomic E-state index is 0.0238. The molecule has 13 nitrogen and oxygen atoms in total. The normalized spacial score (nSPS) is 22.1. The molecule has 0 saturated carbocycles. The molecule has 0 radical (unpaired) electrons. The molecule has 0 spiro atoms. The van der Waals surface area contributed by atoms with Crippen molar-refractivity contribution in [2.24, 2.45) is 16.7 Å². The first kappa shape index (κ1) is 40.0. The lowest BCUT2D eigenvalue weighted by atomic mass is 9.85. The lowest BCUT2D eigenvalue weighted by Gasteiger charge is -2.38. The number of rotatable bonds is 12. The molecular weight excluding hydrogens is 645 g/mol. The number of Topliss-reactive ketones (excluding diaryl/α,β-unsaturated/α-hetero) is 1. The molecule has 2 rings (SSSR count). The van der Waals surface area contributed by atoms with Crippen LogP contribution < -0.4 is 21.3 Å². The Kier molecular flexibility index (Phi) is 13.0. The van der Waals surface area contributed by atoms with E-state index in [1.165, 1.54) is 15.3 Å². The number of likely N-dealkylation sites (tertiary alicyclic amines) is 1. The second kappa shape index (κ2) is 15.3. The molecule has 0 aliphatic carbocycles. The highest BCUT2D eigenvalue weighted by Gasteiger charge is 2.47. The summed E-state index contributed by atoms with van der Waals surface area (Å²) in [5.74, 6) is -4.67. The van der Waals surface area contributed by atoms with Gasteiger partial charge in [0.25, 0.3) is 5.91 Å². The van der Waals surface area contributed by atoms with Gasteiger partial charge in [0.2, 0.25) is 27.6 Å². The Labute approximate surface area is 274 Å². The van der Waals surface area contributed by atoms with Crippen LogP contribution in [0.3, 0.4) is 0 Å². The summed E-state index contributed by atoms with van der Waals surface area (Å²) in [5.41, 5.74) is -1.47. The first-order valence-electron chi connectivity index (χ1n) is 15.5. The molecular formula is C30H49F3N6O7S. The van der Waals surface area contributed by atoms with Crippen molar-refractivity contribution < 1.29 is 45.6 Å². The maximum absolute atomic E-state index is 14.1. The number of nitrogens with one attached hydrogen (secondary N) is 4. The van der Waals surface area contributed by atoms with Crippen LogP contribution in [0.15, 0.2) is 12.7 Å². The number of urea groups is 1. The lowest BCUT2D eigenvalue weighted by molar-refractivity contribution is -0.147. The van der Waals surface area contributed by atoms with E-state index in [9.17, 15) is 45.6 Å². The third kappa shape index (κ3) is 10.9. The number of nitrogens with zero attached hydrogens (tertiary/aromatic N) is 2. The van der Waals surface area contributed by atoms with Gasteiger partial charge in [-0.2, -0.15) is 17.5 Å². The van der Waals surface area contributed by atoms with Gasteiger partial charge in [0.15, 0.2) is 0 Å². The molecule has 0 aromatic carbocycles. The molecule has 47 heavy (non-hydrogen) atoms. The molecule has 268 valence electrons. The number of carbonyl (C=O) groups is 5. The number of amides is 5. The van der Waals surface area contributed by atoms with Crippen LogP contribution in [-0.4, -0.2) is 110 Å². The molecule has 4 N–H and O–H groups in total. The Hall–Kier alpha value is -3.21. The summed E-state index contributed by atoms with van der Waals surface area (Å²) in [7, 11) is -2.32. The predicted molar refractivity (Wildman–Crippen MR) is 168 cm³/mol. The molecule has 2 aliphatic heterocycles. The summed E-state index contributed by atoms with van der Waals surface area (Å²) < 4.78 is 65.2. The standard InChI is InChI=1S/C30H49F3N6O7S/c1-9-18-12-15-39(21(18)24(41)35-19(11-13-30(31,32)33)22(40)25(42)34-8)26(43)23(29(5,6)7)37-27(44)36-20(28(2,3)4)17-38-14-10-16-47(38,45)46/h9,18-21,23H,1,10-17H2,2-8H3,(H,34,42)(H,35,41)(H2,36,37,44)/t18-,19?,20+,21-,23+/m0/s1. The van der Waals surface area contributed by atoms with Crippen molar-refractivity contribution in [1.82, 2.24) is 30.5 Å². The Bertz CT molecular complexity index is 1310. The van der Waals surface area contributed by atoms with E-state index in [0.29, 0.717) is 13.0 Å². The number of ketones is 1. The summed E-state index contributed by atoms with van der Waals surface area (Å²) >= 11 is 0. The minimum Gasteiger partial charge on any atom is -0.353 e. The first-order chi connectivity index (χ1) is 21.4. The zero-order valence-electron chi connectivity index (χ0n) is 28.1. The topological polar surface area (TPSA) is 174 Å². The van der Waals surface area contributed by atoms with E-state index < -0.39 is 99.5 Å². The molecule has 0 aromatic heterocycles. The second-order valence-electron chi connectivity index (χ2n) is 14.2. The second-order valence-corrected chi connectivity index (χ2v) is 16.3. The van der Waals surface area contributed by atoms with Gasteiger partial charge in [-0.1, -0.05) is 47.6 Å². The van der Waals surface area contributed by atoms with E-state index in [2.05, 4.69) is 22.5 Å². The van der Waals surface area contributed by atoms with Gasteiger partial charge in [-0.25, -0.2) is 13.2 Å². The Morgan fingerprint density at radius 1 is 0.957 bits per heavy atom. The molecule has 0 bridgehead atoms. The third-order valence-electron chi connectivity index (χ3n) is 8.43. The van der Waals surface area contributed by atoms with Crippen LogP contribution in [-0.2, 0) is 29.2 Å². The number of alkyl halides is 3. The van der Waals surface area contributed by atoms with E-state index in [0.717, 1.165) is 7.05 Å². The fourth-order valence-electron chi connectivity index (χ4n) is 5.54. The average Bonchev–Trinajstić information content (AvgIpc) is 3.53. The van der Waals surface area contributed by atoms with Gasteiger partial charge in [-0.15, -0.1) is 6.58 Å². The fraction of sp³-hybridized carbons (Fsp3) is 0.767. The lowest BCUT2D eigenvalue weighted by Crippen LogP contribution is -2.62. The number of sulfonamides is 1. The highest BCUT2D eigenvalue weighted by molar-refractivity contribution is 7.89. The Morgan fingerprint density at radius 3 is 2.04 bits per heavy atom. The van der Waals surface area contributed by atoms with Crippen LogP contribution in [0.5, 0.6) is 0 Å². The van der Waals surface area contributed by atoms with E-state index >= 15 is 0 Å². The molecule has 0 aromatic rings. The van der Waals surface area contributed by atoms with E-state index in [1.807, 2.05) is 26.1 Å². The van der Waals surface area contributed by atoms with Gasteiger partial charge in [-0.3, -0.25) is 19.2 Å². The van der Waals surface area contributed by atoms with Gasteiger partial charge in [-0.05, 0) is 30.1 Å². The van der Waals surface area contributed by atoms with Crippen molar-refractivity contribution in [3.8, 4) is 0 Å². The predicted octanol–water partition coefficient (Wildman–Crippen LogP) is 1.70. The molecule has 1 unspecified atom stereocenters. The summed E-state index contributed by atoms with van der Waals surface area (Å²) in [6.07, 6.45) is -4.82. The smallest absolute Gasteiger partial charge is 0.353 e.